The number of halogens is 6. The van der Waals surface area contributed by atoms with E-state index in [9.17, 15) is 26.3 Å². The number of anilines is 3. The van der Waals surface area contributed by atoms with Gasteiger partial charge in [-0.3, -0.25) is 5.41 Å². The summed E-state index contributed by atoms with van der Waals surface area (Å²) in [6.45, 7) is 4.33. The van der Waals surface area contributed by atoms with E-state index in [4.69, 9.17) is 24.4 Å². The average molecular weight is 633 g/mol. The third kappa shape index (κ3) is 6.69. The number of likely N-dealkylation sites (tertiary alicyclic amines) is 1. The zero-order valence-corrected chi connectivity index (χ0v) is 24.5. The molecule has 1 N–H and O–H groups in total. The van der Waals surface area contributed by atoms with Crippen molar-refractivity contribution < 1.29 is 45.3 Å². The van der Waals surface area contributed by atoms with Crippen LogP contribution >= 0.6 is 0 Å². The molecule has 2 saturated heterocycles. The lowest BCUT2D eigenvalue weighted by Crippen LogP contribution is -2.45. The van der Waals surface area contributed by atoms with Gasteiger partial charge in [-0.25, -0.2) is 4.98 Å². The summed E-state index contributed by atoms with van der Waals surface area (Å²) in [5.74, 6) is 0.281. The summed E-state index contributed by atoms with van der Waals surface area (Å²) in [7, 11) is 1.51. The molecular formula is C28H34F6N6O4. The first kappa shape index (κ1) is 31.7. The van der Waals surface area contributed by atoms with Crippen molar-refractivity contribution in [1.29, 1.82) is 5.41 Å². The first-order valence-corrected chi connectivity index (χ1v) is 14.1. The summed E-state index contributed by atoms with van der Waals surface area (Å²) in [5.41, 5.74) is 1.07. The van der Waals surface area contributed by atoms with Gasteiger partial charge in [-0.05, 0) is 25.0 Å². The van der Waals surface area contributed by atoms with Crippen molar-refractivity contribution in [3.8, 4) is 11.6 Å². The Morgan fingerprint density at radius 1 is 1.09 bits per heavy atom. The van der Waals surface area contributed by atoms with E-state index in [-0.39, 0.29) is 43.5 Å². The van der Waals surface area contributed by atoms with E-state index in [1.165, 1.54) is 7.11 Å². The van der Waals surface area contributed by atoms with Gasteiger partial charge < -0.3 is 33.6 Å². The number of rotatable bonds is 7. The number of methoxy groups -OCH3 is 1. The minimum Gasteiger partial charge on any atom is -0.494 e. The molecule has 2 fully saturated rings. The van der Waals surface area contributed by atoms with Crippen LogP contribution in [0.5, 0.6) is 11.6 Å². The number of ether oxygens (including phenoxy) is 4. The van der Waals surface area contributed by atoms with Crippen LogP contribution in [-0.4, -0.2) is 92.4 Å². The van der Waals surface area contributed by atoms with E-state index in [1.54, 1.807) is 4.90 Å². The Kier molecular flexibility index (Phi) is 8.66. The van der Waals surface area contributed by atoms with E-state index < -0.39 is 43.0 Å². The van der Waals surface area contributed by atoms with Gasteiger partial charge in [0.1, 0.15) is 17.6 Å². The predicted octanol–water partition coefficient (Wildman–Crippen LogP) is 5.17. The van der Waals surface area contributed by atoms with Crippen LogP contribution in [0.15, 0.2) is 18.2 Å². The molecule has 1 atom stereocenters. The Bertz CT molecular complexity index is 1370. The first-order valence-electron chi connectivity index (χ1n) is 14.1. The molecule has 1 aromatic carbocycles. The van der Waals surface area contributed by atoms with Gasteiger partial charge in [-0.2, -0.15) is 31.3 Å². The topological polar surface area (TPSA) is 96.3 Å². The van der Waals surface area contributed by atoms with Crippen molar-refractivity contribution in [2.24, 2.45) is 0 Å². The zero-order chi connectivity index (χ0) is 31.9. The molecule has 0 aliphatic carbocycles. The second-order valence-corrected chi connectivity index (χ2v) is 11.5. The van der Waals surface area contributed by atoms with Gasteiger partial charge in [0.15, 0.2) is 19.0 Å². The summed E-state index contributed by atoms with van der Waals surface area (Å²) < 4.78 is 102. The standard InChI is InChI=1S/C28H34F6N6O4/c1-26(2)15-40(18-7-6-17(13-19(18)41-3)38-9-11-42-12-10-38)23-22(26)24(44-16-27(29,30)31)37-21(36-23)14-43-25(35)39-8-4-5-20(39)28(32,33)34/h6-7,13,20,35H,4-5,8-12,14-16H2,1-3H3/t20-/m1/s1. The molecule has 1 aromatic heterocycles. The first-order chi connectivity index (χ1) is 20.7. The molecule has 16 heteroatoms. The second-order valence-electron chi connectivity index (χ2n) is 11.5. The maximum absolute atomic E-state index is 13.4. The van der Waals surface area contributed by atoms with Gasteiger partial charge in [0, 0.05) is 43.3 Å². The van der Waals surface area contributed by atoms with Crippen molar-refractivity contribution in [2.45, 2.75) is 57.1 Å². The highest BCUT2D eigenvalue weighted by Crippen LogP contribution is 2.49. The molecule has 44 heavy (non-hydrogen) atoms. The van der Waals surface area contributed by atoms with E-state index in [0.29, 0.717) is 43.3 Å². The third-order valence-corrected chi connectivity index (χ3v) is 7.82. The molecule has 0 unspecified atom stereocenters. The van der Waals surface area contributed by atoms with Gasteiger partial charge in [0.25, 0.3) is 6.02 Å². The van der Waals surface area contributed by atoms with Crippen LogP contribution in [0.4, 0.5) is 43.5 Å². The third-order valence-electron chi connectivity index (χ3n) is 7.82. The second kappa shape index (κ2) is 12.0. The van der Waals surface area contributed by atoms with Crippen LogP contribution in [0.1, 0.15) is 38.1 Å². The maximum Gasteiger partial charge on any atom is 0.422 e. The number of fused-ring (bicyclic) bond motifs is 1. The fourth-order valence-electron chi connectivity index (χ4n) is 5.80. The van der Waals surface area contributed by atoms with Crippen molar-refractivity contribution in [3.05, 3.63) is 29.6 Å². The molecule has 242 valence electrons. The number of nitrogens with zero attached hydrogens (tertiary/aromatic N) is 5. The molecule has 5 rings (SSSR count). The number of alkyl halides is 6. The highest BCUT2D eigenvalue weighted by molar-refractivity contribution is 5.77. The number of benzene rings is 1. The minimum absolute atomic E-state index is 0.0177. The summed E-state index contributed by atoms with van der Waals surface area (Å²) in [6.07, 6.45) is -9.13. The Balaban J connectivity index is 1.48. The normalized spacial score (nSPS) is 20.1. The molecule has 0 spiro atoms. The van der Waals surface area contributed by atoms with Crippen LogP contribution in [0.25, 0.3) is 0 Å². The van der Waals surface area contributed by atoms with Gasteiger partial charge >= 0.3 is 12.4 Å². The number of morpholine rings is 1. The monoisotopic (exact) mass is 632 g/mol. The van der Waals surface area contributed by atoms with Crippen molar-refractivity contribution in [3.63, 3.8) is 0 Å². The summed E-state index contributed by atoms with van der Waals surface area (Å²) in [6, 6.07) is 3.04. The van der Waals surface area contributed by atoms with Crippen molar-refractivity contribution in [2.75, 3.05) is 62.9 Å². The Morgan fingerprint density at radius 2 is 1.82 bits per heavy atom. The molecule has 3 aliphatic rings. The maximum atomic E-state index is 13.4. The summed E-state index contributed by atoms with van der Waals surface area (Å²) in [4.78, 5) is 13.5. The Morgan fingerprint density at radius 3 is 2.48 bits per heavy atom. The Hall–Kier alpha value is -3.69. The van der Waals surface area contributed by atoms with E-state index >= 15 is 0 Å². The van der Waals surface area contributed by atoms with Crippen molar-refractivity contribution >= 4 is 23.2 Å². The largest absolute Gasteiger partial charge is 0.494 e. The molecule has 3 aliphatic heterocycles. The van der Waals surface area contributed by atoms with E-state index in [0.717, 1.165) is 10.6 Å². The number of nitrogens with one attached hydrogen (secondary N) is 1. The van der Waals surface area contributed by atoms with Crippen LogP contribution in [0, 0.1) is 5.41 Å². The lowest BCUT2D eigenvalue weighted by Gasteiger charge is -2.30. The van der Waals surface area contributed by atoms with Gasteiger partial charge in [0.2, 0.25) is 5.88 Å². The average Bonchev–Trinajstić information content (AvgIpc) is 3.58. The Labute approximate surface area is 250 Å². The van der Waals surface area contributed by atoms with Crippen molar-refractivity contribution in [1.82, 2.24) is 14.9 Å². The van der Waals surface area contributed by atoms with Crippen LogP contribution in [-0.2, 0) is 21.5 Å². The zero-order valence-electron chi connectivity index (χ0n) is 24.5. The minimum atomic E-state index is -4.65. The number of aromatic nitrogens is 2. The van der Waals surface area contributed by atoms with Crippen LogP contribution in [0.3, 0.4) is 0 Å². The lowest BCUT2D eigenvalue weighted by atomic mass is 9.88. The molecule has 4 heterocycles. The van der Waals surface area contributed by atoms with Gasteiger partial charge in [0.05, 0.1) is 31.6 Å². The molecular weight excluding hydrogens is 598 g/mol. The van der Waals surface area contributed by atoms with Crippen LogP contribution in [0.2, 0.25) is 0 Å². The van der Waals surface area contributed by atoms with Gasteiger partial charge in [-0.15, -0.1) is 0 Å². The number of amidine groups is 1. The fraction of sp³-hybridized carbons (Fsp3) is 0.607. The number of hydrogen-bond acceptors (Lipinski definition) is 9. The van der Waals surface area contributed by atoms with Crippen LogP contribution < -0.4 is 19.3 Å². The summed E-state index contributed by atoms with van der Waals surface area (Å²) in [5, 5.41) is 8.14. The summed E-state index contributed by atoms with van der Waals surface area (Å²) >= 11 is 0. The predicted molar refractivity (Wildman–Crippen MR) is 148 cm³/mol. The highest BCUT2D eigenvalue weighted by Gasteiger charge is 2.48. The van der Waals surface area contributed by atoms with E-state index in [2.05, 4.69) is 14.9 Å². The quantitative estimate of drug-likeness (QED) is 0.252. The molecule has 0 amide bonds. The fourth-order valence-corrected chi connectivity index (χ4v) is 5.80. The lowest BCUT2D eigenvalue weighted by molar-refractivity contribution is -0.169. The number of hydrogen-bond donors (Lipinski definition) is 1. The molecule has 10 nitrogen and oxygen atoms in total. The molecule has 0 saturated carbocycles. The molecule has 2 aromatic rings. The highest BCUT2D eigenvalue weighted by atomic mass is 19.4. The van der Waals surface area contributed by atoms with Gasteiger partial charge in [-0.1, -0.05) is 13.8 Å². The SMILES string of the molecule is COc1cc(N2CCOCC2)ccc1N1CC(C)(C)c2c(OCC(F)(F)F)nc(COC(=N)N3CCC[C@@H]3C(F)(F)F)nc21. The smallest absolute Gasteiger partial charge is 0.422 e. The molecule has 0 bridgehead atoms. The van der Waals surface area contributed by atoms with E-state index in [1.807, 2.05) is 32.0 Å². The molecule has 0 radical (unpaired) electrons.